The summed E-state index contributed by atoms with van der Waals surface area (Å²) in [5.74, 6) is -1.06. The summed E-state index contributed by atoms with van der Waals surface area (Å²) in [6, 6.07) is 13.7. The highest BCUT2D eigenvalue weighted by atomic mass is 19.1. The Morgan fingerprint density at radius 3 is 2.28 bits per heavy atom. The molecule has 8 heteroatoms. The van der Waals surface area contributed by atoms with E-state index in [1.165, 1.54) is 48.5 Å². The van der Waals surface area contributed by atoms with Gasteiger partial charge < -0.3 is 10.1 Å². The van der Waals surface area contributed by atoms with Gasteiger partial charge in [-0.15, -0.1) is 5.10 Å². The lowest BCUT2D eigenvalue weighted by Crippen LogP contribution is -2.38. The molecule has 0 unspecified atom stereocenters. The monoisotopic (exact) mass is 399 g/mol. The summed E-state index contributed by atoms with van der Waals surface area (Å²) < 4.78 is 32.8. The van der Waals surface area contributed by atoms with Crippen LogP contribution in [0.25, 0.3) is 5.69 Å². The van der Waals surface area contributed by atoms with Gasteiger partial charge in [-0.1, -0.05) is 19.1 Å². The number of carbonyl (C=O) groups excluding carboxylic acids is 1. The maximum absolute atomic E-state index is 13.1. The third kappa shape index (κ3) is 5.25. The molecule has 1 amide bonds. The van der Waals surface area contributed by atoms with Crippen LogP contribution in [0.2, 0.25) is 0 Å². The lowest BCUT2D eigenvalue weighted by Gasteiger charge is -2.17. The first-order valence-corrected chi connectivity index (χ1v) is 9.01. The maximum Gasteiger partial charge on any atom is 0.271 e. The van der Waals surface area contributed by atoms with Crippen molar-refractivity contribution >= 4 is 5.91 Å². The second-order valence-electron chi connectivity index (χ2n) is 6.26. The second-order valence-corrected chi connectivity index (χ2v) is 6.26. The van der Waals surface area contributed by atoms with Gasteiger partial charge in [0.15, 0.2) is 6.10 Å². The van der Waals surface area contributed by atoms with Crippen LogP contribution in [0.4, 0.5) is 8.78 Å². The fraction of sp³-hybridized carbons (Fsp3) is 0.190. The van der Waals surface area contributed by atoms with Gasteiger partial charge in [-0.25, -0.2) is 8.78 Å². The van der Waals surface area contributed by atoms with Crippen LogP contribution in [0.5, 0.6) is 5.88 Å². The average molecular weight is 399 g/mol. The van der Waals surface area contributed by atoms with Crippen molar-refractivity contribution in [1.29, 1.82) is 0 Å². The van der Waals surface area contributed by atoms with Gasteiger partial charge in [-0.3, -0.25) is 9.59 Å². The largest absolute Gasteiger partial charge is 0.463 e. The molecule has 6 nitrogen and oxygen atoms in total. The van der Waals surface area contributed by atoms with Crippen LogP contribution in [0.1, 0.15) is 18.9 Å². The van der Waals surface area contributed by atoms with E-state index in [0.29, 0.717) is 12.1 Å². The van der Waals surface area contributed by atoms with E-state index in [2.05, 4.69) is 10.4 Å². The van der Waals surface area contributed by atoms with E-state index in [4.69, 9.17) is 4.74 Å². The van der Waals surface area contributed by atoms with Crippen LogP contribution in [-0.4, -0.2) is 21.8 Å². The molecule has 0 aliphatic rings. The van der Waals surface area contributed by atoms with Gasteiger partial charge in [0.05, 0.1) is 5.69 Å². The number of benzene rings is 2. The van der Waals surface area contributed by atoms with Crippen molar-refractivity contribution in [2.45, 2.75) is 26.0 Å². The second kappa shape index (κ2) is 9.09. The summed E-state index contributed by atoms with van der Waals surface area (Å²) in [5.41, 5.74) is 0.700. The number of nitrogens with zero attached hydrogens (tertiary/aromatic N) is 2. The molecule has 0 radical (unpaired) electrons. The molecule has 1 aromatic heterocycles. The molecule has 2 aromatic carbocycles. The summed E-state index contributed by atoms with van der Waals surface area (Å²) >= 11 is 0. The van der Waals surface area contributed by atoms with Crippen LogP contribution in [0.3, 0.4) is 0 Å². The van der Waals surface area contributed by atoms with Crippen LogP contribution in [-0.2, 0) is 11.3 Å². The first-order chi connectivity index (χ1) is 14.0. The Morgan fingerprint density at radius 2 is 1.66 bits per heavy atom. The summed E-state index contributed by atoms with van der Waals surface area (Å²) in [6.45, 7) is 2.00. The number of halogens is 2. The molecule has 0 bridgehead atoms. The molecular formula is C21H19F2N3O3. The summed E-state index contributed by atoms with van der Waals surface area (Å²) in [4.78, 5) is 24.5. The molecule has 1 N–H and O–H groups in total. The Morgan fingerprint density at radius 1 is 1.03 bits per heavy atom. The molecule has 29 heavy (non-hydrogen) atoms. The molecule has 3 rings (SSSR count). The smallest absolute Gasteiger partial charge is 0.271 e. The Bertz CT molecular complexity index is 1030. The first kappa shape index (κ1) is 20.2. The average Bonchev–Trinajstić information content (AvgIpc) is 2.73. The van der Waals surface area contributed by atoms with Crippen molar-refractivity contribution in [2.75, 3.05) is 0 Å². The van der Waals surface area contributed by atoms with Crippen LogP contribution >= 0.6 is 0 Å². The molecule has 0 fully saturated rings. The van der Waals surface area contributed by atoms with E-state index in [-0.39, 0.29) is 24.1 Å². The minimum Gasteiger partial charge on any atom is -0.463 e. The van der Waals surface area contributed by atoms with E-state index in [1.807, 2.05) is 0 Å². The van der Waals surface area contributed by atoms with E-state index in [1.54, 1.807) is 19.1 Å². The quantitative estimate of drug-likeness (QED) is 0.663. The topological polar surface area (TPSA) is 73.2 Å². The lowest BCUT2D eigenvalue weighted by atomic mass is 10.2. The number of carbonyl (C=O) groups is 1. The van der Waals surface area contributed by atoms with Crippen molar-refractivity contribution in [1.82, 2.24) is 15.1 Å². The number of nitrogens with one attached hydrogen (secondary N) is 1. The highest BCUT2D eigenvalue weighted by molar-refractivity contribution is 5.81. The molecule has 0 spiro atoms. The SMILES string of the molecule is CC[C@H](Oc1ccc(=O)n(-c2ccc(F)cc2)n1)C(=O)NCc1ccc(F)cc1. The van der Waals surface area contributed by atoms with E-state index in [9.17, 15) is 18.4 Å². The minimum absolute atomic E-state index is 0.0812. The number of aromatic nitrogens is 2. The summed E-state index contributed by atoms with van der Waals surface area (Å²) in [7, 11) is 0. The molecule has 1 atom stereocenters. The maximum atomic E-state index is 13.1. The first-order valence-electron chi connectivity index (χ1n) is 9.01. The fourth-order valence-electron chi connectivity index (χ4n) is 2.60. The lowest BCUT2D eigenvalue weighted by molar-refractivity contribution is -0.128. The van der Waals surface area contributed by atoms with Gasteiger partial charge in [-0.2, -0.15) is 4.68 Å². The van der Waals surface area contributed by atoms with Gasteiger partial charge >= 0.3 is 0 Å². The number of ether oxygens (including phenoxy) is 1. The highest BCUT2D eigenvalue weighted by Crippen LogP contribution is 2.12. The third-order valence-electron chi connectivity index (χ3n) is 4.15. The molecule has 0 aliphatic carbocycles. The van der Waals surface area contributed by atoms with Crippen molar-refractivity contribution in [3.63, 3.8) is 0 Å². The molecular weight excluding hydrogens is 380 g/mol. The predicted octanol–water partition coefficient (Wildman–Crippen LogP) is 2.98. The van der Waals surface area contributed by atoms with Gasteiger partial charge in [-0.05, 0) is 48.4 Å². The van der Waals surface area contributed by atoms with Gasteiger partial charge in [0.2, 0.25) is 5.88 Å². The Labute approximate surface area is 165 Å². The normalized spacial score (nSPS) is 11.7. The zero-order valence-corrected chi connectivity index (χ0v) is 15.6. The zero-order chi connectivity index (χ0) is 20.8. The van der Waals surface area contributed by atoms with Gasteiger partial charge in [0, 0.05) is 18.7 Å². The highest BCUT2D eigenvalue weighted by Gasteiger charge is 2.19. The molecule has 0 saturated carbocycles. The number of amides is 1. The molecule has 1 heterocycles. The van der Waals surface area contributed by atoms with Crippen LogP contribution in [0.15, 0.2) is 65.5 Å². The summed E-state index contributed by atoms with van der Waals surface area (Å²) in [6.07, 6.45) is -0.464. The number of hydrogen-bond donors (Lipinski definition) is 1. The van der Waals surface area contributed by atoms with E-state index < -0.39 is 17.5 Å². The van der Waals surface area contributed by atoms with Crippen molar-refractivity contribution in [2.24, 2.45) is 0 Å². The number of rotatable bonds is 7. The fourth-order valence-corrected chi connectivity index (χ4v) is 2.60. The predicted molar refractivity (Wildman–Crippen MR) is 103 cm³/mol. The van der Waals surface area contributed by atoms with Crippen LogP contribution < -0.4 is 15.6 Å². The van der Waals surface area contributed by atoms with Crippen molar-refractivity contribution in [3.05, 3.63) is 88.2 Å². The molecule has 3 aromatic rings. The van der Waals surface area contributed by atoms with Crippen molar-refractivity contribution in [3.8, 4) is 11.6 Å². The van der Waals surface area contributed by atoms with E-state index >= 15 is 0 Å². The zero-order valence-electron chi connectivity index (χ0n) is 15.6. The molecule has 150 valence electrons. The van der Waals surface area contributed by atoms with Crippen molar-refractivity contribution < 1.29 is 18.3 Å². The van der Waals surface area contributed by atoms with E-state index in [0.717, 1.165) is 10.2 Å². The van der Waals surface area contributed by atoms with Gasteiger partial charge in [0.25, 0.3) is 11.5 Å². The number of hydrogen-bond acceptors (Lipinski definition) is 4. The molecule has 0 saturated heterocycles. The standard InChI is InChI=1S/C21H19F2N3O3/c1-2-18(21(28)24-13-14-3-5-15(22)6-4-14)29-19-11-12-20(27)26(25-19)17-9-7-16(23)8-10-17/h3-12,18H,2,13H2,1H3,(H,24,28)/t18-/m0/s1. The summed E-state index contributed by atoms with van der Waals surface area (Å²) in [5, 5.41) is 6.84. The van der Waals surface area contributed by atoms with Crippen LogP contribution in [0, 0.1) is 11.6 Å². The minimum atomic E-state index is -0.831. The third-order valence-corrected chi connectivity index (χ3v) is 4.15. The Balaban J connectivity index is 1.70. The molecule has 0 aliphatic heterocycles. The Hall–Kier alpha value is -3.55. The Kier molecular flexibility index (Phi) is 6.33. The van der Waals surface area contributed by atoms with Gasteiger partial charge in [0.1, 0.15) is 11.6 Å².